The molecule has 1 aliphatic rings. The first kappa shape index (κ1) is 37.0. The summed E-state index contributed by atoms with van der Waals surface area (Å²) in [6.07, 6.45) is 19.7. The zero-order valence-corrected chi connectivity index (χ0v) is 28.8. The molecule has 9 heteroatoms. The number of hydrogen-bond donors (Lipinski definition) is 1. The van der Waals surface area contributed by atoms with Gasteiger partial charge in [-0.2, -0.15) is 8.42 Å². The van der Waals surface area contributed by atoms with Crippen LogP contribution in [0.3, 0.4) is 0 Å². The minimum Gasteiger partial charge on any atom is -0.354 e. The molecule has 0 unspecified atom stereocenters. The molecule has 2 heterocycles. The summed E-state index contributed by atoms with van der Waals surface area (Å²) in [6, 6.07) is 10.7. The Bertz CT molecular complexity index is 1180. The van der Waals surface area contributed by atoms with Crippen LogP contribution in [0, 0.1) is 6.92 Å². The second kappa shape index (κ2) is 21.3. The van der Waals surface area contributed by atoms with Crippen LogP contribution < -0.4 is 10.2 Å². The summed E-state index contributed by atoms with van der Waals surface area (Å²) < 4.78 is 29.6. The van der Waals surface area contributed by atoms with Crippen molar-refractivity contribution < 1.29 is 17.4 Å². The van der Waals surface area contributed by atoms with Crippen LogP contribution in [0.2, 0.25) is 0 Å². The van der Waals surface area contributed by atoms with Crippen LogP contribution in [0.15, 0.2) is 47.5 Å². The summed E-state index contributed by atoms with van der Waals surface area (Å²) in [5, 5.41) is 3.05. The van der Waals surface area contributed by atoms with Gasteiger partial charge in [-0.1, -0.05) is 108 Å². The van der Waals surface area contributed by atoms with Crippen molar-refractivity contribution in [3.63, 3.8) is 0 Å². The molecule has 1 N–H and O–H groups in total. The summed E-state index contributed by atoms with van der Waals surface area (Å²) in [5.41, 5.74) is 1.67. The normalized spacial score (nSPS) is 14.1. The highest BCUT2D eigenvalue weighted by Crippen LogP contribution is 2.17. The quantitative estimate of drug-likeness (QED) is 0.0990. The van der Waals surface area contributed by atoms with Gasteiger partial charge in [-0.05, 0) is 50.6 Å². The molecule has 1 aromatic carbocycles. The molecule has 0 atom stereocenters. The van der Waals surface area contributed by atoms with Gasteiger partial charge >= 0.3 is 0 Å². The number of rotatable bonds is 23. The van der Waals surface area contributed by atoms with E-state index in [1.807, 2.05) is 19.1 Å². The number of benzene rings is 1. The number of carbonyl (C=O) groups excluding carboxylic acids is 1. The summed E-state index contributed by atoms with van der Waals surface area (Å²) in [7, 11) is -3.63. The van der Waals surface area contributed by atoms with Crippen molar-refractivity contribution in [2.45, 2.75) is 115 Å². The molecular formula is C36H58N4O4S. The Labute approximate surface area is 273 Å². The van der Waals surface area contributed by atoms with Gasteiger partial charge in [-0.25, -0.2) is 4.98 Å². The number of unbranched alkanes of at least 4 members (excludes halogenated alkanes) is 14. The van der Waals surface area contributed by atoms with E-state index in [2.05, 4.69) is 27.0 Å². The van der Waals surface area contributed by atoms with Crippen LogP contribution in [0.25, 0.3) is 0 Å². The lowest BCUT2D eigenvalue weighted by molar-refractivity contribution is 0.0952. The van der Waals surface area contributed by atoms with Crippen molar-refractivity contribution in [3.05, 3.63) is 53.7 Å². The maximum absolute atomic E-state index is 12.5. The molecule has 1 amide bonds. The Balaban J connectivity index is 1.05. The SMILES string of the molecule is CCN1CCN(c2ccc(C(=O)NCCCCCCCCCCCCCCCCCOS(=O)(=O)c3ccc(C)cc3)cn2)CC1. The predicted octanol–water partition coefficient (Wildman–Crippen LogP) is 7.52. The average molecular weight is 643 g/mol. The lowest BCUT2D eigenvalue weighted by atomic mass is 10.0. The number of pyridine rings is 1. The monoisotopic (exact) mass is 642 g/mol. The molecule has 0 bridgehead atoms. The van der Waals surface area contributed by atoms with E-state index in [0.29, 0.717) is 5.56 Å². The van der Waals surface area contributed by atoms with E-state index in [4.69, 9.17) is 4.18 Å². The predicted molar refractivity (Wildman–Crippen MR) is 184 cm³/mol. The van der Waals surface area contributed by atoms with E-state index in [0.717, 1.165) is 82.8 Å². The van der Waals surface area contributed by atoms with Crippen LogP contribution in [0.5, 0.6) is 0 Å². The molecule has 0 aliphatic carbocycles. The molecule has 45 heavy (non-hydrogen) atoms. The third-order valence-electron chi connectivity index (χ3n) is 8.81. The fourth-order valence-electron chi connectivity index (χ4n) is 5.77. The van der Waals surface area contributed by atoms with E-state index < -0.39 is 10.1 Å². The summed E-state index contributed by atoms with van der Waals surface area (Å²) >= 11 is 0. The van der Waals surface area contributed by atoms with Crippen LogP contribution in [-0.2, 0) is 14.3 Å². The molecule has 1 fully saturated rings. The Hall–Kier alpha value is -2.49. The zero-order valence-electron chi connectivity index (χ0n) is 28.0. The minimum atomic E-state index is -3.63. The van der Waals surface area contributed by atoms with Crippen LogP contribution in [0.4, 0.5) is 5.82 Å². The summed E-state index contributed by atoms with van der Waals surface area (Å²) in [6.45, 7) is 10.3. The van der Waals surface area contributed by atoms with Gasteiger partial charge in [-0.15, -0.1) is 0 Å². The molecule has 2 aromatic rings. The first-order chi connectivity index (χ1) is 21.9. The van der Waals surface area contributed by atoms with Crippen LogP contribution in [-0.4, -0.2) is 70.1 Å². The highest BCUT2D eigenvalue weighted by atomic mass is 32.2. The van der Waals surface area contributed by atoms with E-state index in [9.17, 15) is 13.2 Å². The number of aryl methyl sites for hydroxylation is 1. The molecule has 3 rings (SSSR count). The van der Waals surface area contributed by atoms with Gasteiger partial charge in [0.05, 0.1) is 17.1 Å². The van der Waals surface area contributed by atoms with Crippen molar-refractivity contribution in [2.75, 3.05) is 50.8 Å². The number of nitrogens with one attached hydrogen (secondary N) is 1. The average Bonchev–Trinajstić information content (AvgIpc) is 3.06. The highest BCUT2D eigenvalue weighted by molar-refractivity contribution is 7.86. The van der Waals surface area contributed by atoms with Gasteiger partial charge in [0.25, 0.3) is 16.0 Å². The fraction of sp³-hybridized carbons (Fsp3) is 0.667. The van der Waals surface area contributed by atoms with Crippen molar-refractivity contribution in [1.82, 2.24) is 15.2 Å². The van der Waals surface area contributed by atoms with Gasteiger partial charge < -0.3 is 15.1 Å². The number of piperazine rings is 1. The molecule has 8 nitrogen and oxygen atoms in total. The van der Waals surface area contributed by atoms with Gasteiger partial charge in [0.15, 0.2) is 0 Å². The third-order valence-corrected chi connectivity index (χ3v) is 10.1. The number of anilines is 1. The Morgan fingerprint density at radius 1 is 0.756 bits per heavy atom. The van der Waals surface area contributed by atoms with Crippen molar-refractivity contribution in [1.29, 1.82) is 0 Å². The molecule has 0 radical (unpaired) electrons. The molecule has 252 valence electrons. The van der Waals surface area contributed by atoms with Gasteiger partial charge in [-0.3, -0.25) is 8.98 Å². The van der Waals surface area contributed by atoms with Crippen molar-refractivity contribution >= 4 is 21.8 Å². The molecule has 0 spiro atoms. The van der Waals surface area contributed by atoms with E-state index in [1.54, 1.807) is 30.5 Å². The molecule has 1 aromatic heterocycles. The minimum absolute atomic E-state index is 0.0262. The zero-order chi connectivity index (χ0) is 32.2. The molecule has 0 saturated carbocycles. The number of nitrogens with zero attached hydrogens (tertiary/aromatic N) is 3. The smallest absolute Gasteiger partial charge is 0.296 e. The Morgan fingerprint density at radius 2 is 1.29 bits per heavy atom. The van der Waals surface area contributed by atoms with Gasteiger partial charge in [0.1, 0.15) is 5.82 Å². The van der Waals surface area contributed by atoms with Gasteiger partial charge in [0.2, 0.25) is 0 Å². The molecular weight excluding hydrogens is 584 g/mol. The highest BCUT2D eigenvalue weighted by Gasteiger charge is 2.17. The molecule has 1 saturated heterocycles. The Morgan fingerprint density at radius 3 is 1.80 bits per heavy atom. The lowest BCUT2D eigenvalue weighted by Crippen LogP contribution is -2.46. The van der Waals surface area contributed by atoms with Gasteiger partial charge in [0, 0.05) is 38.9 Å². The van der Waals surface area contributed by atoms with Crippen molar-refractivity contribution in [3.8, 4) is 0 Å². The summed E-state index contributed by atoms with van der Waals surface area (Å²) in [5.74, 6) is 0.936. The maximum atomic E-state index is 12.5. The van der Waals surface area contributed by atoms with Crippen LogP contribution in [0.1, 0.15) is 119 Å². The van der Waals surface area contributed by atoms with Crippen LogP contribution >= 0.6 is 0 Å². The van der Waals surface area contributed by atoms with E-state index in [1.165, 1.54) is 64.2 Å². The number of aromatic nitrogens is 1. The standard InChI is InChI=1S/C36H58N4O4S/c1-3-39-26-28-40(29-27-39)35-24-21-33(31-38-35)36(41)37-25-17-15-13-11-9-7-5-4-6-8-10-12-14-16-18-30-44-45(42,43)34-22-19-32(2)20-23-34/h19-24,31H,3-18,25-30H2,1-2H3,(H,37,41). The number of amides is 1. The van der Waals surface area contributed by atoms with E-state index >= 15 is 0 Å². The number of likely N-dealkylation sites (N-methyl/N-ethyl adjacent to an activating group) is 1. The van der Waals surface area contributed by atoms with E-state index in [-0.39, 0.29) is 17.4 Å². The number of hydrogen-bond acceptors (Lipinski definition) is 7. The first-order valence-electron chi connectivity index (χ1n) is 17.6. The second-order valence-corrected chi connectivity index (χ2v) is 14.1. The molecule has 1 aliphatic heterocycles. The summed E-state index contributed by atoms with van der Waals surface area (Å²) in [4.78, 5) is 22.0. The Kier molecular flexibility index (Phi) is 17.5. The maximum Gasteiger partial charge on any atom is 0.296 e. The second-order valence-electron chi connectivity index (χ2n) is 12.5. The fourth-order valence-corrected chi connectivity index (χ4v) is 6.71. The number of carbonyl (C=O) groups is 1. The van der Waals surface area contributed by atoms with Crippen molar-refractivity contribution in [2.24, 2.45) is 0 Å². The first-order valence-corrected chi connectivity index (χ1v) is 19.0. The third kappa shape index (κ3) is 14.6. The topological polar surface area (TPSA) is 91.8 Å². The largest absolute Gasteiger partial charge is 0.354 e. The lowest BCUT2D eigenvalue weighted by Gasteiger charge is -2.34.